The topological polar surface area (TPSA) is 110 Å². The molecule has 4 rings (SSSR count). The largest absolute Gasteiger partial charge is 0.495 e. The van der Waals surface area contributed by atoms with Crippen molar-refractivity contribution in [2.45, 2.75) is 24.0 Å². The Labute approximate surface area is 195 Å². The molecule has 0 fully saturated rings. The zero-order valence-electron chi connectivity index (χ0n) is 16.8. The van der Waals surface area contributed by atoms with Crippen LogP contribution in [0.15, 0.2) is 36.4 Å². The van der Waals surface area contributed by atoms with Crippen molar-refractivity contribution in [3.8, 4) is 17.5 Å². The molecule has 1 aromatic heterocycles. The number of hydrogen-bond acceptors (Lipinski definition) is 6. The summed E-state index contributed by atoms with van der Waals surface area (Å²) in [7, 11) is 1.42. The molecule has 1 N–H and O–H groups in total. The molecule has 1 aliphatic rings. The van der Waals surface area contributed by atoms with E-state index in [1.165, 1.54) is 25.3 Å². The van der Waals surface area contributed by atoms with Gasteiger partial charge in [-0.25, -0.2) is 0 Å². The Morgan fingerprint density at radius 2 is 2.09 bits per heavy atom. The third-order valence-corrected chi connectivity index (χ3v) is 5.64. The number of carboxylic acid groups (broad SMARTS) is 1. The Bertz CT molecular complexity index is 1290. The van der Waals surface area contributed by atoms with Gasteiger partial charge in [-0.05, 0) is 35.9 Å². The highest BCUT2D eigenvalue weighted by atomic mass is 35.5. The number of ether oxygens (including phenoxy) is 2. The van der Waals surface area contributed by atoms with E-state index < -0.39 is 35.8 Å². The fourth-order valence-corrected chi connectivity index (χ4v) is 4.11. The lowest BCUT2D eigenvalue weighted by Crippen LogP contribution is -2.17. The first kappa shape index (κ1) is 22.9. The zero-order valence-corrected chi connectivity index (χ0v) is 18.3. The van der Waals surface area contributed by atoms with Gasteiger partial charge in [0, 0.05) is 11.1 Å². The number of halogens is 4. The standard InChI is InChI=1S/C21H14Cl2F2N4O4/c1-32-14-4-2-3-11(17(14)22)18-12-7-10(9-26)5-6-13(12)29-19(15(33-18)8-16(30)31)27-28-20(29)21(23,24)25/h2-7,15,18H,8H2,1H3,(H,30,31)/t15-,18-/m1/s1. The van der Waals surface area contributed by atoms with Gasteiger partial charge in [-0.1, -0.05) is 23.7 Å². The van der Waals surface area contributed by atoms with Gasteiger partial charge in [-0.3, -0.25) is 9.36 Å². The second-order valence-electron chi connectivity index (χ2n) is 7.07. The summed E-state index contributed by atoms with van der Waals surface area (Å²) in [6, 6.07) is 11.2. The van der Waals surface area contributed by atoms with Gasteiger partial charge in [-0.15, -0.1) is 10.2 Å². The minimum absolute atomic E-state index is 0.140. The van der Waals surface area contributed by atoms with Crippen LogP contribution in [0.2, 0.25) is 5.02 Å². The van der Waals surface area contributed by atoms with E-state index in [0.717, 1.165) is 4.57 Å². The molecule has 0 saturated carbocycles. The van der Waals surface area contributed by atoms with Crippen molar-refractivity contribution in [2.24, 2.45) is 0 Å². The van der Waals surface area contributed by atoms with E-state index in [4.69, 9.17) is 32.7 Å². The lowest BCUT2D eigenvalue weighted by Gasteiger charge is -2.23. The molecule has 12 heteroatoms. The third kappa shape index (κ3) is 4.11. The number of nitrogens with zero attached hydrogens (tertiary/aromatic N) is 4. The van der Waals surface area contributed by atoms with Crippen LogP contribution in [-0.4, -0.2) is 33.0 Å². The van der Waals surface area contributed by atoms with Crippen LogP contribution in [0.25, 0.3) is 5.69 Å². The van der Waals surface area contributed by atoms with Crippen molar-refractivity contribution < 1.29 is 28.2 Å². The molecule has 0 spiro atoms. The van der Waals surface area contributed by atoms with Crippen molar-refractivity contribution in [1.82, 2.24) is 14.8 Å². The number of benzene rings is 2. The van der Waals surface area contributed by atoms with Crippen molar-refractivity contribution in [1.29, 1.82) is 5.26 Å². The second-order valence-corrected chi connectivity index (χ2v) is 7.92. The SMILES string of the molecule is COc1cccc([C@H]2O[C@H](CC(=O)O)c3nnc(C(F)(F)Cl)n3-c3ccc(C#N)cc32)c1Cl. The average molecular weight is 495 g/mol. The summed E-state index contributed by atoms with van der Waals surface area (Å²) in [4.78, 5) is 11.6. The number of alkyl halides is 3. The quantitative estimate of drug-likeness (QED) is 0.510. The Morgan fingerprint density at radius 1 is 1.33 bits per heavy atom. The van der Waals surface area contributed by atoms with Gasteiger partial charge in [-0.2, -0.15) is 14.0 Å². The predicted molar refractivity (Wildman–Crippen MR) is 112 cm³/mol. The summed E-state index contributed by atoms with van der Waals surface area (Å²) in [5.41, 5.74) is 0.994. The zero-order chi connectivity index (χ0) is 23.9. The summed E-state index contributed by atoms with van der Waals surface area (Å²) in [5.74, 6) is -2.03. The lowest BCUT2D eigenvalue weighted by atomic mass is 9.97. The number of aliphatic carboxylic acids is 1. The molecule has 8 nitrogen and oxygen atoms in total. The highest BCUT2D eigenvalue weighted by Gasteiger charge is 2.42. The summed E-state index contributed by atoms with van der Waals surface area (Å²) >= 11 is 11.8. The number of hydrogen-bond donors (Lipinski definition) is 1. The molecular formula is C21H14Cl2F2N4O4. The summed E-state index contributed by atoms with van der Waals surface area (Å²) in [6.07, 6.45) is -2.96. The first-order chi connectivity index (χ1) is 15.7. The maximum absolute atomic E-state index is 14.2. The van der Waals surface area contributed by atoms with Crippen LogP contribution in [0.4, 0.5) is 8.78 Å². The first-order valence-corrected chi connectivity index (χ1v) is 10.2. The highest BCUT2D eigenvalue weighted by molar-refractivity contribution is 6.33. The second kappa shape index (κ2) is 8.59. The average Bonchev–Trinajstić information content (AvgIpc) is 3.17. The van der Waals surface area contributed by atoms with E-state index in [2.05, 4.69) is 10.2 Å². The number of nitriles is 1. The van der Waals surface area contributed by atoms with Gasteiger partial charge in [0.15, 0.2) is 5.82 Å². The maximum Gasteiger partial charge on any atom is 0.382 e. The maximum atomic E-state index is 14.2. The molecule has 0 saturated heterocycles. The van der Waals surface area contributed by atoms with Crippen LogP contribution in [-0.2, 0) is 14.9 Å². The predicted octanol–water partition coefficient (Wildman–Crippen LogP) is 4.72. The van der Waals surface area contributed by atoms with Crippen LogP contribution in [0.5, 0.6) is 5.75 Å². The number of methoxy groups -OCH3 is 1. The van der Waals surface area contributed by atoms with E-state index in [0.29, 0.717) is 11.3 Å². The fourth-order valence-electron chi connectivity index (χ4n) is 3.69. The monoisotopic (exact) mass is 494 g/mol. The van der Waals surface area contributed by atoms with Crippen molar-refractivity contribution in [3.63, 3.8) is 0 Å². The van der Waals surface area contributed by atoms with Gasteiger partial charge < -0.3 is 14.6 Å². The smallest absolute Gasteiger partial charge is 0.382 e. The molecular weight excluding hydrogens is 481 g/mol. The summed E-state index contributed by atoms with van der Waals surface area (Å²) in [6.45, 7) is 0. The molecule has 0 unspecified atom stereocenters. The highest BCUT2D eigenvalue weighted by Crippen LogP contribution is 2.46. The summed E-state index contributed by atoms with van der Waals surface area (Å²) in [5, 5.41) is 22.4. The molecule has 0 aliphatic carbocycles. The van der Waals surface area contributed by atoms with Gasteiger partial charge in [0.2, 0.25) is 5.82 Å². The summed E-state index contributed by atoms with van der Waals surface area (Å²) < 4.78 is 40.8. The van der Waals surface area contributed by atoms with E-state index in [-0.39, 0.29) is 27.7 Å². The van der Waals surface area contributed by atoms with E-state index >= 15 is 0 Å². The Kier molecular flexibility index (Phi) is 5.97. The molecule has 2 heterocycles. The molecule has 170 valence electrons. The molecule has 2 aromatic carbocycles. The minimum atomic E-state index is -3.92. The van der Waals surface area contributed by atoms with Crippen molar-refractivity contribution in [2.75, 3.05) is 7.11 Å². The molecule has 3 aromatic rings. The van der Waals surface area contributed by atoms with Gasteiger partial charge >= 0.3 is 11.4 Å². The van der Waals surface area contributed by atoms with E-state index in [1.54, 1.807) is 18.2 Å². The molecule has 0 bridgehead atoms. The number of fused-ring (bicyclic) bond motifs is 3. The molecule has 0 amide bonds. The van der Waals surface area contributed by atoms with Gasteiger partial charge in [0.1, 0.15) is 18.0 Å². The van der Waals surface area contributed by atoms with E-state index in [9.17, 15) is 23.9 Å². The molecule has 33 heavy (non-hydrogen) atoms. The van der Waals surface area contributed by atoms with Crippen molar-refractivity contribution >= 4 is 29.2 Å². The van der Waals surface area contributed by atoms with Crippen LogP contribution in [0, 0.1) is 11.3 Å². The Hall–Kier alpha value is -3.26. The Balaban J connectivity index is 2.05. The van der Waals surface area contributed by atoms with Crippen molar-refractivity contribution in [3.05, 3.63) is 69.8 Å². The first-order valence-electron chi connectivity index (χ1n) is 9.42. The Morgan fingerprint density at radius 3 is 2.73 bits per heavy atom. The minimum Gasteiger partial charge on any atom is -0.495 e. The molecule has 0 radical (unpaired) electrons. The molecule has 2 atom stereocenters. The molecule has 1 aliphatic heterocycles. The number of carbonyl (C=O) groups is 1. The van der Waals surface area contributed by atoms with Crippen LogP contribution >= 0.6 is 23.2 Å². The number of rotatable bonds is 5. The number of carboxylic acids is 1. The third-order valence-electron chi connectivity index (χ3n) is 5.07. The van der Waals surface area contributed by atoms with E-state index in [1.807, 2.05) is 6.07 Å². The van der Waals surface area contributed by atoms with Gasteiger partial charge in [0.25, 0.3) is 0 Å². The van der Waals surface area contributed by atoms with Crippen LogP contribution < -0.4 is 4.74 Å². The number of aromatic nitrogens is 3. The van der Waals surface area contributed by atoms with Crippen LogP contribution in [0.1, 0.15) is 47.0 Å². The lowest BCUT2D eigenvalue weighted by molar-refractivity contribution is -0.141. The fraction of sp³-hybridized carbons (Fsp3) is 0.238. The van der Waals surface area contributed by atoms with Gasteiger partial charge in [0.05, 0.1) is 35.9 Å². The van der Waals surface area contributed by atoms with Crippen LogP contribution in [0.3, 0.4) is 0 Å². The normalized spacial score (nSPS) is 17.5.